The van der Waals surface area contributed by atoms with Gasteiger partial charge in [0, 0.05) is 18.7 Å². The number of methoxy groups -OCH3 is 2. The topological polar surface area (TPSA) is 116 Å². The Kier molecular flexibility index (Phi) is 7.63. The van der Waals surface area contributed by atoms with Crippen molar-refractivity contribution < 1.29 is 27.4 Å². The van der Waals surface area contributed by atoms with E-state index in [1.54, 1.807) is 43.5 Å². The maximum Gasteiger partial charge on any atom is 0.262 e. The van der Waals surface area contributed by atoms with Crippen molar-refractivity contribution in [3.63, 3.8) is 0 Å². The number of ether oxygens (including phenoxy) is 3. The van der Waals surface area contributed by atoms with Crippen molar-refractivity contribution in [2.75, 3.05) is 37.5 Å². The average Bonchev–Trinajstić information content (AvgIpc) is 2.80. The molecule has 1 aromatic heterocycles. The molecule has 0 aliphatic carbocycles. The summed E-state index contributed by atoms with van der Waals surface area (Å²) in [6.45, 7) is 0.816. The third kappa shape index (κ3) is 5.96. The molecule has 2 N–H and O–H groups in total. The van der Waals surface area contributed by atoms with Crippen LogP contribution in [0.15, 0.2) is 71.8 Å². The second kappa shape index (κ2) is 10.6. The molecular weight excluding hydrogens is 434 g/mol. The van der Waals surface area contributed by atoms with Crippen LogP contribution >= 0.6 is 0 Å². The van der Waals surface area contributed by atoms with Gasteiger partial charge in [-0.1, -0.05) is 12.1 Å². The van der Waals surface area contributed by atoms with Gasteiger partial charge in [0.15, 0.2) is 0 Å². The molecule has 2 aromatic carbocycles. The summed E-state index contributed by atoms with van der Waals surface area (Å²) in [5.41, 5.74) is 1.09. The van der Waals surface area contributed by atoms with Crippen molar-refractivity contribution in [3.05, 3.63) is 72.4 Å². The van der Waals surface area contributed by atoms with E-state index in [9.17, 15) is 13.2 Å². The Morgan fingerprint density at radius 2 is 1.72 bits per heavy atom. The molecule has 0 aliphatic rings. The summed E-state index contributed by atoms with van der Waals surface area (Å²) in [4.78, 5) is 16.6. The van der Waals surface area contributed by atoms with E-state index in [1.807, 2.05) is 0 Å². The molecule has 0 unspecified atom stereocenters. The minimum Gasteiger partial charge on any atom is -0.495 e. The smallest absolute Gasteiger partial charge is 0.262 e. The summed E-state index contributed by atoms with van der Waals surface area (Å²) in [6.07, 6.45) is 1.47. The monoisotopic (exact) mass is 457 g/mol. The number of hydrogen-bond acceptors (Lipinski definition) is 7. The third-order valence-electron chi connectivity index (χ3n) is 4.31. The van der Waals surface area contributed by atoms with E-state index in [4.69, 9.17) is 14.2 Å². The fraction of sp³-hybridized carbons (Fsp3) is 0.182. The van der Waals surface area contributed by atoms with Gasteiger partial charge in [-0.25, -0.2) is 13.4 Å². The van der Waals surface area contributed by atoms with E-state index in [0.717, 1.165) is 0 Å². The molecule has 1 heterocycles. The fourth-order valence-corrected chi connectivity index (χ4v) is 3.76. The number of aromatic nitrogens is 1. The number of rotatable bonds is 10. The molecular formula is C22H23N3O6S. The predicted octanol–water partition coefficient (Wildman–Crippen LogP) is 3.17. The van der Waals surface area contributed by atoms with Crippen molar-refractivity contribution in [2.24, 2.45) is 0 Å². The SMILES string of the molecule is COCCOc1ccc(NC(=O)c2ccc(S(=O)(=O)Nc3ccccc3OC)cc2)cn1. The van der Waals surface area contributed by atoms with Crippen molar-refractivity contribution >= 4 is 27.3 Å². The van der Waals surface area contributed by atoms with Gasteiger partial charge >= 0.3 is 0 Å². The average molecular weight is 458 g/mol. The predicted molar refractivity (Wildman–Crippen MR) is 120 cm³/mol. The van der Waals surface area contributed by atoms with E-state index < -0.39 is 15.9 Å². The highest BCUT2D eigenvalue weighted by Crippen LogP contribution is 2.26. The number of amides is 1. The number of para-hydroxylation sites is 2. The van der Waals surface area contributed by atoms with Crippen LogP contribution in [0.3, 0.4) is 0 Å². The van der Waals surface area contributed by atoms with Gasteiger partial charge < -0.3 is 19.5 Å². The summed E-state index contributed by atoms with van der Waals surface area (Å²) in [7, 11) is -0.822. The maximum atomic E-state index is 12.7. The first-order chi connectivity index (χ1) is 15.4. The van der Waals surface area contributed by atoms with E-state index in [0.29, 0.717) is 41.8 Å². The number of sulfonamides is 1. The summed E-state index contributed by atoms with van der Waals surface area (Å²) in [6, 6.07) is 15.5. The van der Waals surface area contributed by atoms with Crippen LogP contribution in [0.2, 0.25) is 0 Å². The zero-order chi connectivity index (χ0) is 23.0. The zero-order valence-corrected chi connectivity index (χ0v) is 18.4. The first-order valence-corrected chi connectivity index (χ1v) is 11.1. The lowest BCUT2D eigenvalue weighted by atomic mass is 10.2. The first kappa shape index (κ1) is 23.0. The molecule has 0 saturated carbocycles. The van der Waals surface area contributed by atoms with Gasteiger partial charge in [0.2, 0.25) is 5.88 Å². The lowest BCUT2D eigenvalue weighted by Gasteiger charge is -2.12. The van der Waals surface area contributed by atoms with Crippen LogP contribution in [0.1, 0.15) is 10.4 Å². The van der Waals surface area contributed by atoms with E-state index in [2.05, 4.69) is 15.0 Å². The van der Waals surface area contributed by atoms with Crippen LogP contribution in [-0.2, 0) is 14.8 Å². The molecule has 0 atom stereocenters. The molecule has 9 nitrogen and oxygen atoms in total. The van der Waals surface area contributed by atoms with Crippen LogP contribution < -0.4 is 19.5 Å². The van der Waals surface area contributed by atoms with Gasteiger partial charge in [-0.15, -0.1) is 0 Å². The van der Waals surface area contributed by atoms with Gasteiger partial charge in [0.1, 0.15) is 12.4 Å². The molecule has 10 heteroatoms. The second-order valence-corrected chi connectivity index (χ2v) is 8.19. The number of benzene rings is 2. The molecule has 0 aliphatic heterocycles. The highest BCUT2D eigenvalue weighted by atomic mass is 32.2. The largest absolute Gasteiger partial charge is 0.495 e. The quantitative estimate of drug-likeness (QED) is 0.449. The van der Waals surface area contributed by atoms with Gasteiger partial charge in [0.25, 0.3) is 15.9 Å². The molecule has 168 valence electrons. The standard InChI is InChI=1S/C22H23N3O6S/c1-29-13-14-31-21-12-9-17(15-23-21)24-22(26)16-7-10-18(11-8-16)32(27,28)25-19-5-3-4-6-20(19)30-2/h3-12,15,25H,13-14H2,1-2H3,(H,24,26). The molecule has 0 radical (unpaired) electrons. The highest BCUT2D eigenvalue weighted by Gasteiger charge is 2.17. The molecule has 1 amide bonds. The van der Waals surface area contributed by atoms with Crippen molar-refractivity contribution in [3.8, 4) is 11.6 Å². The number of anilines is 2. The number of nitrogens with one attached hydrogen (secondary N) is 2. The molecule has 0 bridgehead atoms. The highest BCUT2D eigenvalue weighted by molar-refractivity contribution is 7.92. The van der Waals surface area contributed by atoms with E-state index >= 15 is 0 Å². The summed E-state index contributed by atoms with van der Waals surface area (Å²) in [5.74, 6) is 0.412. The van der Waals surface area contributed by atoms with Crippen molar-refractivity contribution in [2.45, 2.75) is 4.90 Å². The Morgan fingerprint density at radius 3 is 2.38 bits per heavy atom. The van der Waals surface area contributed by atoms with Gasteiger partial charge in [0.05, 0.1) is 36.2 Å². The minimum absolute atomic E-state index is 0.0131. The number of carbonyl (C=O) groups is 1. The Balaban J connectivity index is 1.65. The number of nitrogens with zero attached hydrogens (tertiary/aromatic N) is 1. The lowest BCUT2D eigenvalue weighted by molar-refractivity contribution is 0.102. The van der Waals surface area contributed by atoms with Crippen molar-refractivity contribution in [1.82, 2.24) is 4.98 Å². The number of carbonyl (C=O) groups excluding carboxylic acids is 1. The number of hydrogen-bond donors (Lipinski definition) is 2. The zero-order valence-electron chi connectivity index (χ0n) is 17.6. The Bertz CT molecular complexity index is 1150. The minimum atomic E-state index is -3.86. The third-order valence-corrected chi connectivity index (χ3v) is 5.69. The summed E-state index contributed by atoms with van der Waals surface area (Å²) >= 11 is 0. The second-order valence-electron chi connectivity index (χ2n) is 6.51. The Labute approximate surface area is 186 Å². The lowest BCUT2D eigenvalue weighted by Crippen LogP contribution is -2.15. The molecule has 3 aromatic rings. The Morgan fingerprint density at radius 1 is 0.969 bits per heavy atom. The van der Waals surface area contributed by atoms with Crippen LogP contribution in [0, 0.1) is 0 Å². The summed E-state index contributed by atoms with van der Waals surface area (Å²) < 4.78 is 43.3. The maximum absolute atomic E-state index is 12.7. The van der Waals surface area contributed by atoms with Gasteiger partial charge in [-0.2, -0.15) is 0 Å². The summed E-state index contributed by atoms with van der Waals surface area (Å²) in [5, 5.41) is 2.70. The van der Waals surface area contributed by atoms with E-state index in [1.165, 1.54) is 37.6 Å². The molecule has 0 spiro atoms. The fourth-order valence-electron chi connectivity index (χ4n) is 2.69. The molecule has 0 saturated heterocycles. The first-order valence-electron chi connectivity index (χ1n) is 9.58. The Hall–Kier alpha value is -3.63. The van der Waals surface area contributed by atoms with Gasteiger partial charge in [-0.05, 0) is 42.5 Å². The normalized spacial score (nSPS) is 10.9. The number of pyridine rings is 1. The van der Waals surface area contributed by atoms with Crippen LogP contribution in [0.5, 0.6) is 11.6 Å². The molecule has 3 rings (SSSR count). The van der Waals surface area contributed by atoms with Crippen LogP contribution in [0.25, 0.3) is 0 Å². The van der Waals surface area contributed by atoms with Crippen molar-refractivity contribution in [1.29, 1.82) is 0 Å². The van der Waals surface area contributed by atoms with Crippen LogP contribution in [0.4, 0.5) is 11.4 Å². The molecule has 32 heavy (non-hydrogen) atoms. The van der Waals surface area contributed by atoms with Crippen LogP contribution in [-0.4, -0.2) is 46.7 Å². The van der Waals surface area contributed by atoms with Gasteiger partial charge in [-0.3, -0.25) is 9.52 Å². The van der Waals surface area contributed by atoms with E-state index in [-0.39, 0.29) is 4.90 Å². The molecule has 0 fully saturated rings.